The van der Waals surface area contributed by atoms with Crippen molar-refractivity contribution in [3.8, 4) is 0 Å². The minimum Gasteiger partial charge on any atom is -0.308 e. The normalized spacial score (nSPS) is 16.7. The zero-order valence-electron chi connectivity index (χ0n) is 7.59. The van der Waals surface area contributed by atoms with Gasteiger partial charge in [-0.1, -0.05) is 17.7 Å². The molecule has 1 aromatic rings. The van der Waals surface area contributed by atoms with Gasteiger partial charge in [-0.2, -0.15) is 11.8 Å². The maximum atomic E-state index is 5.89. The third-order valence-corrected chi connectivity index (χ3v) is 4.75. The van der Waals surface area contributed by atoms with Gasteiger partial charge in [-0.3, -0.25) is 0 Å². The Labute approximate surface area is 107 Å². The van der Waals surface area contributed by atoms with Crippen molar-refractivity contribution in [2.75, 3.05) is 11.5 Å². The summed E-state index contributed by atoms with van der Waals surface area (Å²) in [7, 11) is 0. The molecule has 0 saturated carbocycles. The first-order chi connectivity index (χ1) is 6.75. The van der Waals surface area contributed by atoms with Gasteiger partial charge in [0.2, 0.25) is 0 Å². The van der Waals surface area contributed by atoms with Crippen LogP contribution in [0.15, 0.2) is 18.2 Å². The highest BCUT2D eigenvalue weighted by Crippen LogP contribution is 2.20. The maximum Gasteiger partial charge on any atom is 0.0416 e. The van der Waals surface area contributed by atoms with Crippen molar-refractivity contribution in [3.05, 3.63) is 32.4 Å². The van der Waals surface area contributed by atoms with Crippen LogP contribution >= 0.6 is 46.0 Å². The third kappa shape index (κ3) is 2.78. The lowest BCUT2D eigenvalue weighted by Crippen LogP contribution is -2.39. The molecule has 1 heterocycles. The minimum absolute atomic E-state index is 0.714. The Bertz CT molecular complexity index is 328. The van der Waals surface area contributed by atoms with Gasteiger partial charge in [-0.15, -0.1) is 0 Å². The molecule has 0 radical (unpaired) electrons. The fourth-order valence-electron chi connectivity index (χ4n) is 1.27. The van der Waals surface area contributed by atoms with E-state index in [4.69, 9.17) is 11.6 Å². The van der Waals surface area contributed by atoms with E-state index in [1.807, 2.05) is 23.9 Å². The third-order valence-electron chi connectivity index (χ3n) is 2.23. The summed E-state index contributed by atoms with van der Waals surface area (Å²) in [6, 6.07) is 6.78. The lowest BCUT2D eigenvalue weighted by atomic mass is 10.2. The molecule has 1 nitrogen and oxygen atoms in total. The molecule has 0 aromatic heterocycles. The zero-order chi connectivity index (χ0) is 9.97. The van der Waals surface area contributed by atoms with E-state index in [1.54, 1.807) is 0 Å². The summed E-state index contributed by atoms with van der Waals surface area (Å²) in [5.41, 5.74) is 1.34. The first-order valence-electron chi connectivity index (χ1n) is 4.51. The van der Waals surface area contributed by atoms with Gasteiger partial charge in [-0.25, -0.2) is 0 Å². The van der Waals surface area contributed by atoms with E-state index in [0.29, 0.717) is 6.04 Å². The lowest BCUT2D eigenvalue weighted by Gasteiger charge is -2.26. The molecule has 1 fully saturated rings. The Morgan fingerprint density at radius 2 is 2.29 bits per heavy atom. The molecule has 76 valence electrons. The largest absolute Gasteiger partial charge is 0.308 e. The maximum absolute atomic E-state index is 5.89. The smallest absolute Gasteiger partial charge is 0.0416 e. The first-order valence-corrected chi connectivity index (χ1v) is 7.12. The van der Waals surface area contributed by atoms with Crippen molar-refractivity contribution in [1.29, 1.82) is 0 Å². The van der Waals surface area contributed by atoms with E-state index < -0.39 is 0 Å². The number of rotatable bonds is 3. The summed E-state index contributed by atoms with van der Waals surface area (Å²) >= 11 is 10.2. The van der Waals surface area contributed by atoms with Crippen LogP contribution in [0.5, 0.6) is 0 Å². The van der Waals surface area contributed by atoms with Crippen LogP contribution in [0.3, 0.4) is 0 Å². The molecule has 1 aromatic carbocycles. The fraction of sp³-hybridized carbons (Fsp3) is 0.400. The molecular weight excluding hydrogens is 329 g/mol. The summed E-state index contributed by atoms with van der Waals surface area (Å²) < 4.78 is 1.24. The number of hydrogen-bond donors (Lipinski definition) is 1. The number of halogens is 2. The second-order valence-corrected chi connectivity index (χ2v) is 6.02. The Kier molecular flexibility index (Phi) is 3.99. The van der Waals surface area contributed by atoms with Gasteiger partial charge in [0.1, 0.15) is 0 Å². The molecule has 0 aliphatic carbocycles. The molecule has 0 amide bonds. The van der Waals surface area contributed by atoms with Crippen LogP contribution in [-0.4, -0.2) is 17.5 Å². The van der Waals surface area contributed by atoms with E-state index in [2.05, 4.69) is 34.0 Å². The molecule has 0 bridgehead atoms. The Balaban J connectivity index is 1.94. The summed E-state index contributed by atoms with van der Waals surface area (Å²) in [5, 5.41) is 4.34. The van der Waals surface area contributed by atoms with E-state index in [9.17, 15) is 0 Å². The summed E-state index contributed by atoms with van der Waals surface area (Å²) in [6.07, 6.45) is 0. The predicted molar refractivity (Wildman–Crippen MR) is 72.1 cm³/mol. The van der Waals surface area contributed by atoms with E-state index in [1.165, 1.54) is 20.6 Å². The van der Waals surface area contributed by atoms with Crippen molar-refractivity contribution in [1.82, 2.24) is 5.32 Å². The molecule has 1 aliphatic heterocycles. The van der Waals surface area contributed by atoms with E-state index in [-0.39, 0.29) is 0 Å². The topological polar surface area (TPSA) is 12.0 Å². The Morgan fingerprint density at radius 3 is 2.86 bits per heavy atom. The molecule has 1 aliphatic rings. The Morgan fingerprint density at radius 1 is 1.50 bits per heavy atom. The fourth-order valence-corrected chi connectivity index (χ4v) is 3.04. The summed E-state index contributed by atoms with van der Waals surface area (Å²) in [5.74, 6) is 2.51. The highest BCUT2D eigenvalue weighted by atomic mass is 127. The van der Waals surface area contributed by atoms with Gasteiger partial charge >= 0.3 is 0 Å². The second-order valence-electron chi connectivity index (χ2n) is 3.35. The molecule has 0 unspecified atom stereocenters. The SMILES string of the molecule is Clc1ccc(CNC2CSC2)c(I)c1. The number of benzene rings is 1. The molecule has 0 spiro atoms. The van der Waals surface area contributed by atoms with Crippen LogP contribution in [0.25, 0.3) is 0 Å². The summed E-state index contributed by atoms with van der Waals surface area (Å²) in [4.78, 5) is 0. The lowest BCUT2D eigenvalue weighted by molar-refractivity contribution is 0.582. The van der Waals surface area contributed by atoms with E-state index in [0.717, 1.165) is 11.6 Å². The van der Waals surface area contributed by atoms with Crippen LogP contribution in [0.2, 0.25) is 5.02 Å². The number of hydrogen-bond acceptors (Lipinski definition) is 2. The standard InChI is InChI=1S/C10H11ClINS/c11-8-2-1-7(10(12)3-8)4-13-9-5-14-6-9/h1-3,9,13H,4-6H2. The highest BCUT2D eigenvalue weighted by Gasteiger charge is 2.17. The van der Waals surface area contributed by atoms with Crippen LogP contribution in [0, 0.1) is 3.57 Å². The average Bonchev–Trinajstić information content (AvgIpc) is 2.05. The number of nitrogens with one attached hydrogen (secondary N) is 1. The zero-order valence-corrected chi connectivity index (χ0v) is 11.3. The monoisotopic (exact) mass is 339 g/mol. The Hall–Kier alpha value is 0.550. The number of thioether (sulfide) groups is 1. The summed E-state index contributed by atoms with van der Waals surface area (Å²) in [6.45, 7) is 0.959. The minimum atomic E-state index is 0.714. The van der Waals surface area contributed by atoms with Crippen LogP contribution < -0.4 is 5.32 Å². The first kappa shape index (κ1) is 11.0. The molecule has 14 heavy (non-hydrogen) atoms. The van der Waals surface area contributed by atoms with Crippen molar-refractivity contribution in [2.45, 2.75) is 12.6 Å². The van der Waals surface area contributed by atoms with Gasteiger partial charge in [0.25, 0.3) is 0 Å². The van der Waals surface area contributed by atoms with Gasteiger partial charge in [0, 0.05) is 32.7 Å². The van der Waals surface area contributed by atoms with Crippen LogP contribution in [-0.2, 0) is 6.54 Å². The van der Waals surface area contributed by atoms with Gasteiger partial charge in [0.05, 0.1) is 0 Å². The molecule has 1 saturated heterocycles. The van der Waals surface area contributed by atoms with Crippen molar-refractivity contribution in [3.63, 3.8) is 0 Å². The molecule has 2 rings (SSSR count). The van der Waals surface area contributed by atoms with Gasteiger partial charge in [-0.05, 0) is 40.3 Å². The second kappa shape index (κ2) is 5.05. The molecular formula is C10H11ClINS. The van der Waals surface area contributed by atoms with Crippen LogP contribution in [0.1, 0.15) is 5.56 Å². The van der Waals surface area contributed by atoms with Crippen molar-refractivity contribution < 1.29 is 0 Å². The quantitative estimate of drug-likeness (QED) is 0.849. The molecule has 1 N–H and O–H groups in total. The predicted octanol–water partition coefficient (Wildman–Crippen LogP) is 3.15. The molecule has 0 atom stereocenters. The van der Waals surface area contributed by atoms with Gasteiger partial charge in [0.15, 0.2) is 0 Å². The van der Waals surface area contributed by atoms with Crippen molar-refractivity contribution >= 4 is 46.0 Å². The van der Waals surface area contributed by atoms with Crippen molar-refractivity contribution in [2.24, 2.45) is 0 Å². The van der Waals surface area contributed by atoms with Crippen LogP contribution in [0.4, 0.5) is 0 Å². The highest BCUT2D eigenvalue weighted by molar-refractivity contribution is 14.1. The average molecular weight is 340 g/mol. The molecule has 4 heteroatoms. The van der Waals surface area contributed by atoms with E-state index >= 15 is 0 Å². The van der Waals surface area contributed by atoms with Gasteiger partial charge < -0.3 is 5.32 Å².